The number of halogens is 3. The maximum Gasteiger partial charge on any atom is 0.409 e. The van der Waals surface area contributed by atoms with Gasteiger partial charge >= 0.3 is 6.18 Å². The van der Waals surface area contributed by atoms with E-state index >= 15 is 0 Å². The lowest BCUT2D eigenvalue weighted by Crippen LogP contribution is -2.25. The second kappa shape index (κ2) is 6.91. The number of alkyl halides is 3. The van der Waals surface area contributed by atoms with E-state index in [9.17, 15) is 22.8 Å². The summed E-state index contributed by atoms with van der Waals surface area (Å²) in [4.78, 5) is 23.6. The summed E-state index contributed by atoms with van der Waals surface area (Å²) in [6.45, 7) is -0.0617. The highest BCUT2D eigenvalue weighted by molar-refractivity contribution is 6.05. The van der Waals surface area contributed by atoms with E-state index in [0.29, 0.717) is 22.7 Å². The summed E-state index contributed by atoms with van der Waals surface area (Å²) in [5.41, 5.74) is 1.51. The largest absolute Gasteiger partial charge is 0.482 e. The minimum Gasteiger partial charge on any atom is -0.482 e. The van der Waals surface area contributed by atoms with Gasteiger partial charge in [0.15, 0.2) is 6.61 Å². The molecule has 2 amide bonds. The van der Waals surface area contributed by atoms with Gasteiger partial charge in [-0.3, -0.25) is 9.59 Å². The first kappa shape index (κ1) is 17.5. The fraction of sp³-hybridized carbons (Fsp3) is 0.111. The first-order chi connectivity index (χ1) is 12.3. The lowest BCUT2D eigenvalue weighted by atomic mass is 10.1. The molecule has 3 rings (SSSR count). The number of allylic oxidation sites excluding steroid dienone is 1. The summed E-state index contributed by atoms with van der Waals surface area (Å²) in [6, 6.07) is 10.5. The molecular formula is C18H13F3N2O3. The third-order valence-electron chi connectivity index (χ3n) is 3.51. The first-order valence-electron chi connectivity index (χ1n) is 7.54. The number of benzene rings is 2. The molecule has 0 spiro atoms. The maximum atomic E-state index is 12.2. The molecule has 0 unspecified atom stereocenters. The lowest BCUT2D eigenvalue weighted by molar-refractivity contribution is -0.118. The Labute approximate surface area is 146 Å². The van der Waals surface area contributed by atoms with Gasteiger partial charge in [0.2, 0.25) is 0 Å². The molecular weight excluding hydrogens is 349 g/mol. The van der Waals surface area contributed by atoms with Crippen LogP contribution in [0.2, 0.25) is 0 Å². The number of amides is 2. The van der Waals surface area contributed by atoms with Gasteiger partial charge < -0.3 is 15.4 Å². The lowest BCUT2D eigenvalue weighted by Gasteiger charge is -2.18. The van der Waals surface area contributed by atoms with Crippen LogP contribution in [-0.2, 0) is 4.79 Å². The molecule has 0 fully saturated rings. The van der Waals surface area contributed by atoms with E-state index in [-0.39, 0.29) is 24.2 Å². The molecule has 0 saturated heterocycles. The quantitative estimate of drug-likeness (QED) is 0.872. The maximum absolute atomic E-state index is 12.2. The van der Waals surface area contributed by atoms with Crippen molar-refractivity contribution in [3.8, 4) is 5.75 Å². The van der Waals surface area contributed by atoms with Crippen molar-refractivity contribution in [3.05, 3.63) is 59.7 Å². The van der Waals surface area contributed by atoms with Crippen molar-refractivity contribution in [2.45, 2.75) is 6.18 Å². The zero-order chi connectivity index (χ0) is 18.7. The fourth-order valence-corrected chi connectivity index (χ4v) is 2.30. The average Bonchev–Trinajstić information content (AvgIpc) is 2.59. The van der Waals surface area contributed by atoms with Gasteiger partial charge in [0.25, 0.3) is 11.8 Å². The molecule has 2 N–H and O–H groups in total. The van der Waals surface area contributed by atoms with Crippen molar-refractivity contribution in [1.29, 1.82) is 0 Å². The molecule has 0 aromatic heterocycles. The monoisotopic (exact) mass is 362 g/mol. The highest BCUT2D eigenvalue weighted by Gasteiger charge is 2.21. The molecule has 134 valence electrons. The Morgan fingerprint density at radius 1 is 1.15 bits per heavy atom. The Balaban J connectivity index is 1.69. The summed E-state index contributed by atoms with van der Waals surface area (Å²) < 4.78 is 41.7. The van der Waals surface area contributed by atoms with E-state index in [1.165, 1.54) is 24.3 Å². The number of rotatable bonds is 3. The van der Waals surface area contributed by atoms with Gasteiger partial charge in [0.1, 0.15) is 5.75 Å². The highest BCUT2D eigenvalue weighted by atomic mass is 19.4. The summed E-state index contributed by atoms with van der Waals surface area (Å²) in [7, 11) is 0. The number of nitrogens with one attached hydrogen (secondary N) is 2. The zero-order valence-corrected chi connectivity index (χ0v) is 13.3. The number of fused-ring (bicyclic) bond motifs is 1. The van der Waals surface area contributed by atoms with Gasteiger partial charge in [0.05, 0.1) is 5.69 Å². The van der Waals surface area contributed by atoms with E-state index < -0.39 is 12.1 Å². The molecule has 0 radical (unpaired) electrons. The second-order valence-electron chi connectivity index (χ2n) is 5.50. The van der Waals surface area contributed by atoms with Gasteiger partial charge in [-0.05, 0) is 35.9 Å². The first-order valence-corrected chi connectivity index (χ1v) is 7.54. The smallest absolute Gasteiger partial charge is 0.409 e. The molecule has 1 aliphatic rings. The van der Waals surface area contributed by atoms with Crippen molar-refractivity contribution in [2.24, 2.45) is 0 Å². The van der Waals surface area contributed by atoms with E-state index in [1.54, 1.807) is 18.2 Å². The Hall–Kier alpha value is -3.29. The number of anilines is 2. The minimum atomic E-state index is -4.39. The van der Waals surface area contributed by atoms with Crippen LogP contribution in [0.4, 0.5) is 24.5 Å². The van der Waals surface area contributed by atoms with Crippen LogP contribution in [0.1, 0.15) is 15.9 Å². The molecule has 2 aromatic rings. The van der Waals surface area contributed by atoms with Crippen molar-refractivity contribution in [3.63, 3.8) is 0 Å². The zero-order valence-electron chi connectivity index (χ0n) is 13.3. The summed E-state index contributed by atoms with van der Waals surface area (Å²) in [5.74, 6) is -0.216. The predicted molar refractivity (Wildman–Crippen MR) is 90.1 cm³/mol. The number of hydrogen-bond donors (Lipinski definition) is 2. The van der Waals surface area contributed by atoms with Gasteiger partial charge in [-0.15, -0.1) is 0 Å². The third kappa shape index (κ3) is 4.41. The minimum absolute atomic E-state index is 0.0617. The van der Waals surface area contributed by atoms with Crippen molar-refractivity contribution >= 4 is 29.3 Å². The fourth-order valence-electron chi connectivity index (χ4n) is 2.30. The van der Waals surface area contributed by atoms with Crippen LogP contribution in [0.3, 0.4) is 0 Å². The van der Waals surface area contributed by atoms with Gasteiger partial charge in [-0.2, -0.15) is 13.2 Å². The second-order valence-corrected chi connectivity index (χ2v) is 5.50. The standard InChI is InChI=1S/C18H13F3N2O3/c19-18(20,21)8-7-11-1-3-12(4-2-11)17(25)22-13-5-6-15-14(9-13)23-16(24)10-26-15/h1-9H,10H2,(H,22,25)(H,23,24)/b8-7+. The Kier molecular flexibility index (Phi) is 4.66. The molecule has 5 nitrogen and oxygen atoms in total. The van der Waals surface area contributed by atoms with Crippen LogP contribution in [0.5, 0.6) is 5.75 Å². The van der Waals surface area contributed by atoms with Gasteiger partial charge in [-0.1, -0.05) is 18.2 Å². The summed E-state index contributed by atoms with van der Waals surface area (Å²) >= 11 is 0. The van der Waals surface area contributed by atoms with Crippen LogP contribution < -0.4 is 15.4 Å². The van der Waals surface area contributed by atoms with Crippen LogP contribution in [0.15, 0.2) is 48.5 Å². The van der Waals surface area contributed by atoms with Gasteiger partial charge in [0, 0.05) is 17.3 Å². The number of ether oxygens (including phenoxy) is 1. The SMILES string of the molecule is O=C1COc2ccc(NC(=O)c3ccc(/C=C/C(F)(F)F)cc3)cc2N1. The third-order valence-corrected chi connectivity index (χ3v) is 3.51. The van der Waals surface area contributed by atoms with Crippen LogP contribution in [-0.4, -0.2) is 24.6 Å². The van der Waals surface area contributed by atoms with Crippen molar-refractivity contribution < 1.29 is 27.5 Å². The summed E-state index contributed by atoms with van der Waals surface area (Å²) in [5, 5.41) is 5.29. The number of carbonyl (C=O) groups is 2. The molecule has 0 bridgehead atoms. The van der Waals surface area contributed by atoms with E-state index in [1.807, 2.05) is 0 Å². The Morgan fingerprint density at radius 2 is 1.88 bits per heavy atom. The van der Waals surface area contributed by atoms with Crippen LogP contribution in [0, 0.1) is 0 Å². The van der Waals surface area contributed by atoms with Crippen LogP contribution >= 0.6 is 0 Å². The topological polar surface area (TPSA) is 67.4 Å². The molecule has 26 heavy (non-hydrogen) atoms. The van der Waals surface area contributed by atoms with E-state index in [4.69, 9.17) is 4.74 Å². The van der Waals surface area contributed by atoms with E-state index in [0.717, 1.165) is 6.08 Å². The Morgan fingerprint density at radius 3 is 2.58 bits per heavy atom. The normalized spacial score (nSPS) is 13.7. The molecule has 0 aliphatic carbocycles. The van der Waals surface area contributed by atoms with Gasteiger partial charge in [-0.25, -0.2) is 0 Å². The van der Waals surface area contributed by atoms with Crippen LogP contribution in [0.25, 0.3) is 6.08 Å². The molecule has 0 atom stereocenters. The van der Waals surface area contributed by atoms with E-state index in [2.05, 4.69) is 10.6 Å². The predicted octanol–water partition coefficient (Wildman–Crippen LogP) is 3.85. The van der Waals surface area contributed by atoms with Crippen molar-refractivity contribution in [2.75, 3.05) is 17.2 Å². The Bertz CT molecular complexity index is 874. The number of hydrogen-bond acceptors (Lipinski definition) is 3. The summed E-state index contributed by atoms with van der Waals surface area (Å²) in [6.07, 6.45) is -3.33. The molecule has 0 saturated carbocycles. The number of carbonyl (C=O) groups excluding carboxylic acids is 2. The molecule has 1 heterocycles. The average molecular weight is 362 g/mol. The molecule has 1 aliphatic heterocycles. The molecule has 8 heteroatoms. The molecule has 2 aromatic carbocycles. The van der Waals surface area contributed by atoms with Crippen molar-refractivity contribution in [1.82, 2.24) is 0 Å². The highest BCUT2D eigenvalue weighted by Crippen LogP contribution is 2.30.